The van der Waals surface area contributed by atoms with Crippen molar-refractivity contribution in [3.05, 3.63) is 5.82 Å². The molecule has 2 saturated carbocycles. The van der Waals surface area contributed by atoms with Crippen LogP contribution < -0.4 is 5.32 Å². The maximum Gasteiger partial charge on any atom is 0.323 e. The third kappa shape index (κ3) is 3.15. The summed E-state index contributed by atoms with van der Waals surface area (Å²) in [4.78, 5) is 16.1. The molecule has 2 N–H and O–H groups in total. The molecule has 0 bridgehead atoms. The van der Waals surface area contributed by atoms with Crippen LogP contribution in [0.4, 0.5) is 0 Å². The molecular weight excluding hydrogens is 294 g/mol. The van der Waals surface area contributed by atoms with Gasteiger partial charge in [0.1, 0.15) is 11.4 Å². The molecular formula is C13H19N3O2S2. The number of hydrogen-bond donors (Lipinski definition) is 2. The van der Waals surface area contributed by atoms with Crippen LogP contribution in [-0.2, 0) is 4.79 Å². The van der Waals surface area contributed by atoms with Crippen LogP contribution in [0.5, 0.6) is 0 Å². The second-order valence-electron chi connectivity index (χ2n) is 5.75. The van der Waals surface area contributed by atoms with Gasteiger partial charge in [-0.25, -0.2) is 4.98 Å². The fourth-order valence-electron chi connectivity index (χ4n) is 2.80. The molecule has 1 heterocycles. The third-order valence-corrected chi connectivity index (χ3v) is 6.09. The number of carbonyl (C=O) groups is 1. The molecule has 0 amide bonds. The highest BCUT2D eigenvalue weighted by molar-refractivity contribution is 8.01. The van der Waals surface area contributed by atoms with Gasteiger partial charge < -0.3 is 5.11 Å². The number of hydrogen-bond acceptors (Lipinski definition) is 6. The van der Waals surface area contributed by atoms with E-state index >= 15 is 0 Å². The molecule has 2 aliphatic carbocycles. The van der Waals surface area contributed by atoms with Gasteiger partial charge in [0.15, 0.2) is 4.34 Å². The van der Waals surface area contributed by atoms with Gasteiger partial charge >= 0.3 is 5.97 Å². The number of carboxylic acid groups (broad SMARTS) is 1. The Balaban J connectivity index is 1.68. The SMILES string of the molecule is Cc1nsc(SC2CCCC(NC3CC3)(C(=O)O)C2)n1. The van der Waals surface area contributed by atoms with Crippen LogP contribution in [0.3, 0.4) is 0 Å². The Morgan fingerprint density at radius 1 is 1.50 bits per heavy atom. The number of rotatable bonds is 5. The number of aliphatic carboxylic acids is 1. The van der Waals surface area contributed by atoms with Crippen LogP contribution >= 0.6 is 23.3 Å². The summed E-state index contributed by atoms with van der Waals surface area (Å²) in [6, 6.07) is 0.415. The molecule has 0 spiro atoms. The molecule has 0 saturated heterocycles. The van der Waals surface area contributed by atoms with Gasteiger partial charge in [-0.3, -0.25) is 10.1 Å². The van der Waals surface area contributed by atoms with Crippen molar-refractivity contribution in [3.8, 4) is 0 Å². The van der Waals surface area contributed by atoms with Gasteiger partial charge in [-0.15, -0.1) is 0 Å². The normalized spacial score (nSPS) is 30.4. The molecule has 2 atom stereocenters. The van der Waals surface area contributed by atoms with Gasteiger partial charge in [0, 0.05) is 11.3 Å². The Morgan fingerprint density at radius 3 is 2.90 bits per heavy atom. The van der Waals surface area contributed by atoms with E-state index in [4.69, 9.17) is 0 Å². The summed E-state index contributed by atoms with van der Waals surface area (Å²) in [5, 5.41) is 13.4. The summed E-state index contributed by atoms with van der Waals surface area (Å²) < 4.78 is 5.15. The van der Waals surface area contributed by atoms with Crippen molar-refractivity contribution in [2.75, 3.05) is 0 Å². The lowest BCUT2D eigenvalue weighted by atomic mass is 9.81. The van der Waals surface area contributed by atoms with E-state index in [1.807, 2.05) is 6.92 Å². The van der Waals surface area contributed by atoms with E-state index in [1.165, 1.54) is 11.5 Å². The number of nitrogens with one attached hydrogen (secondary N) is 1. The second kappa shape index (κ2) is 5.61. The highest BCUT2D eigenvalue weighted by Crippen LogP contribution is 2.40. The van der Waals surface area contributed by atoms with E-state index in [2.05, 4.69) is 14.7 Å². The molecule has 2 unspecified atom stereocenters. The Bertz CT molecular complexity index is 504. The van der Waals surface area contributed by atoms with Crippen molar-refractivity contribution in [3.63, 3.8) is 0 Å². The maximum absolute atomic E-state index is 11.7. The Hall–Kier alpha value is -0.660. The average Bonchev–Trinajstić information content (AvgIpc) is 3.11. The Morgan fingerprint density at radius 2 is 2.30 bits per heavy atom. The van der Waals surface area contributed by atoms with Crippen molar-refractivity contribution in [2.24, 2.45) is 0 Å². The Kier molecular flexibility index (Phi) is 4.01. The van der Waals surface area contributed by atoms with Crippen molar-refractivity contribution in [1.82, 2.24) is 14.7 Å². The van der Waals surface area contributed by atoms with Crippen LogP contribution in [0.2, 0.25) is 0 Å². The van der Waals surface area contributed by atoms with Crippen LogP contribution in [0.25, 0.3) is 0 Å². The van der Waals surface area contributed by atoms with Crippen LogP contribution in [-0.4, -0.2) is 37.3 Å². The van der Waals surface area contributed by atoms with Gasteiger partial charge in [-0.2, -0.15) is 4.37 Å². The van der Waals surface area contributed by atoms with E-state index in [0.717, 1.165) is 42.3 Å². The molecule has 2 aliphatic rings. The van der Waals surface area contributed by atoms with Crippen molar-refractivity contribution in [1.29, 1.82) is 0 Å². The molecule has 3 rings (SSSR count). The summed E-state index contributed by atoms with van der Waals surface area (Å²) in [5.41, 5.74) is -0.725. The largest absolute Gasteiger partial charge is 0.480 e. The summed E-state index contributed by atoms with van der Waals surface area (Å²) in [6.45, 7) is 1.89. The Labute approximate surface area is 126 Å². The summed E-state index contributed by atoms with van der Waals surface area (Å²) in [6.07, 6.45) is 5.67. The quantitative estimate of drug-likeness (QED) is 0.870. The predicted molar refractivity (Wildman–Crippen MR) is 79.3 cm³/mol. The molecule has 7 heteroatoms. The maximum atomic E-state index is 11.7. The third-order valence-electron chi connectivity index (χ3n) is 3.95. The predicted octanol–water partition coefficient (Wildman–Crippen LogP) is 2.46. The number of aryl methyl sites for hydroxylation is 1. The van der Waals surface area contributed by atoms with Gasteiger partial charge in [-0.05, 0) is 57.0 Å². The second-order valence-corrected chi connectivity index (χ2v) is 8.05. The molecule has 0 radical (unpaired) electrons. The van der Waals surface area contributed by atoms with E-state index < -0.39 is 11.5 Å². The van der Waals surface area contributed by atoms with E-state index in [9.17, 15) is 9.90 Å². The first-order valence-electron chi connectivity index (χ1n) is 7.05. The molecule has 1 aromatic rings. The molecule has 2 fully saturated rings. The zero-order valence-corrected chi connectivity index (χ0v) is 13.1. The molecule has 0 aromatic carbocycles. The molecule has 0 aliphatic heterocycles. The van der Waals surface area contributed by atoms with Gasteiger partial charge in [0.05, 0.1) is 0 Å². The fraction of sp³-hybridized carbons (Fsp3) is 0.769. The molecule has 5 nitrogen and oxygen atoms in total. The topological polar surface area (TPSA) is 75.1 Å². The molecule has 110 valence electrons. The monoisotopic (exact) mass is 313 g/mol. The number of thioether (sulfide) groups is 1. The van der Waals surface area contributed by atoms with Gasteiger partial charge in [-0.1, -0.05) is 11.8 Å². The molecule has 20 heavy (non-hydrogen) atoms. The lowest BCUT2D eigenvalue weighted by molar-refractivity contribution is -0.146. The number of carboxylic acids is 1. The van der Waals surface area contributed by atoms with Crippen molar-refractivity contribution in [2.45, 2.75) is 66.6 Å². The first-order chi connectivity index (χ1) is 9.57. The van der Waals surface area contributed by atoms with Crippen LogP contribution in [0.1, 0.15) is 44.3 Å². The first kappa shape index (κ1) is 14.3. The smallest absolute Gasteiger partial charge is 0.323 e. The summed E-state index contributed by atoms with van der Waals surface area (Å²) in [7, 11) is 0. The van der Waals surface area contributed by atoms with Crippen molar-refractivity contribution >= 4 is 29.3 Å². The fourth-order valence-corrected chi connectivity index (χ4v) is 5.04. The summed E-state index contributed by atoms with van der Waals surface area (Å²) in [5.74, 6) is 0.108. The van der Waals surface area contributed by atoms with E-state index in [1.54, 1.807) is 11.8 Å². The lowest BCUT2D eigenvalue weighted by Gasteiger charge is -2.38. The molecule has 1 aromatic heterocycles. The van der Waals surface area contributed by atoms with E-state index in [0.29, 0.717) is 17.7 Å². The van der Waals surface area contributed by atoms with Crippen molar-refractivity contribution < 1.29 is 9.90 Å². The van der Waals surface area contributed by atoms with Gasteiger partial charge in [0.25, 0.3) is 0 Å². The van der Waals surface area contributed by atoms with Crippen LogP contribution in [0, 0.1) is 6.92 Å². The van der Waals surface area contributed by atoms with E-state index in [-0.39, 0.29) is 0 Å². The highest BCUT2D eigenvalue weighted by atomic mass is 32.2. The summed E-state index contributed by atoms with van der Waals surface area (Å²) >= 11 is 3.11. The zero-order chi connectivity index (χ0) is 14.2. The number of aromatic nitrogens is 2. The highest BCUT2D eigenvalue weighted by Gasteiger charge is 2.46. The standard InChI is InChI=1S/C13H19N3O2S2/c1-8-14-12(20-16-8)19-10-3-2-6-13(7-10,11(17)18)15-9-4-5-9/h9-10,15H,2-7H2,1H3,(H,17,18). The zero-order valence-electron chi connectivity index (χ0n) is 11.5. The minimum absolute atomic E-state index is 0.318. The van der Waals surface area contributed by atoms with Crippen LogP contribution in [0.15, 0.2) is 4.34 Å². The minimum Gasteiger partial charge on any atom is -0.480 e. The number of nitrogens with zero attached hydrogens (tertiary/aromatic N) is 2. The lowest BCUT2D eigenvalue weighted by Crippen LogP contribution is -2.56. The average molecular weight is 313 g/mol. The first-order valence-corrected chi connectivity index (χ1v) is 8.71. The minimum atomic E-state index is -0.725. The van der Waals surface area contributed by atoms with Gasteiger partial charge in [0.2, 0.25) is 0 Å².